The first kappa shape index (κ1) is 24.8. The van der Waals surface area contributed by atoms with Gasteiger partial charge in [-0.05, 0) is 25.8 Å². The highest BCUT2D eigenvalue weighted by atomic mass is 35.5. The highest BCUT2D eigenvalue weighted by Gasteiger charge is 2.48. The van der Waals surface area contributed by atoms with E-state index in [0.29, 0.717) is 17.1 Å². The zero-order valence-electron chi connectivity index (χ0n) is 17.9. The van der Waals surface area contributed by atoms with E-state index in [4.69, 9.17) is 21.1 Å². The Hall–Kier alpha value is -1.34. The lowest BCUT2D eigenvalue weighted by atomic mass is 10.1. The summed E-state index contributed by atoms with van der Waals surface area (Å²) in [6, 6.07) is 2.03. The number of fused-ring (bicyclic) bond motifs is 1. The largest absolute Gasteiger partial charge is 0.393 e. The fraction of sp³-hybridized carbons (Fsp3) is 0.684. The van der Waals surface area contributed by atoms with Gasteiger partial charge in [-0.25, -0.2) is 9.67 Å². The quantitative estimate of drug-likeness (QED) is 0.222. The average molecular weight is 507 g/mol. The number of nitrogens with zero attached hydrogens (tertiary/aromatic N) is 3. The molecule has 0 radical (unpaired) electrons. The lowest BCUT2D eigenvalue weighted by Gasteiger charge is -2.29. The second kappa shape index (κ2) is 9.37. The number of hydrogen-bond acceptors (Lipinski definition) is 9. The second-order valence-corrected chi connectivity index (χ2v) is 11.1. The van der Waals surface area contributed by atoms with E-state index in [1.165, 1.54) is 4.68 Å². The highest BCUT2D eigenvalue weighted by Crippen LogP contribution is 2.51. The van der Waals surface area contributed by atoms with Crippen LogP contribution in [0.15, 0.2) is 12.3 Å². The Bertz CT molecular complexity index is 1040. The molecule has 14 heteroatoms. The Morgan fingerprint density at radius 2 is 2.03 bits per heavy atom. The monoisotopic (exact) mass is 506 g/mol. The third-order valence-electron chi connectivity index (χ3n) is 6.30. The summed E-state index contributed by atoms with van der Waals surface area (Å²) >= 11 is 6.23. The second-order valence-electron chi connectivity index (χ2n) is 8.68. The van der Waals surface area contributed by atoms with Crippen molar-refractivity contribution in [1.82, 2.24) is 14.8 Å². The van der Waals surface area contributed by atoms with E-state index in [0.717, 1.165) is 38.3 Å². The van der Waals surface area contributed by atoms with Crippen molar-refractivity contribution >= 4 is 35.9 Å². The van der Waals surface area contributed by atoms with E-state index >= 15 is 0 Å². The highest BCUT2D eigenvalue weighted by molar-refractivity contribution is 7.53. The molecule has 0 aromatic carbocycles. The Morgan fingerprint density at radius 1 is 1.33 bits per heavy atom. The minimum Gasteiger partial charge on any atom is -0.393 e. The van der Waals surface area contributed by atoms with Crippen LogP contribution in [0.4, 0.5) is 5.69 Å². The maximum Gasteiger partial charge on any atom is 0.359 e. The van der Waals surface area contributed by atoms with Crippen molar-refractivity contribution in [3.63, 3.8) is 0 Å². The Kier molecular flexibility index (Phi) is 7.03. The standard InChI is InChI=1S/C19H28ClN4O8P/c1-19(9-25,33(28,29)30)31-8-13-15(26)16(27)18(32-13)24-17-11(7-21-24)12(6-14(20)23-17)22-10-4-2-3-5-10/h6-7,10,13,15-16,18,25-27H,2-5,8-9H2,1H3,(H,22,23)(H2,28,29,30)/t13-,15-,16-,18-,19+/m1/s1. The molecule has 0 amide bonds. The van der Waals surface area contributed by atoms with E-state index < -0.39 is 50.7 Å². The minimum absolute atomic E-state index is 0.220. The Labute approximate surface area is 194 Å². The molecule has 5 atom stereocenters. The predicted molar refractivity (Wildman–Crippen MR) is 118 cm³/mol. The number of ether oxygens (including phenoxy) is 2. The summed E-state index contributed by atoms with van der Waals surface area (Å²) in [5, 5.41) is 36.9. The molecule has 2 aliphatic rings. The number of anilines is 1. The average Bonchev–Trinajstić information content (AvgIpc) is 3.47. The van der Waals surface area contributed by atoms with Crippen LogP contribution in [0.2, 0.25) is 5.15 Å². The van der Waals surface area contributed by atoms with Gasteiger partial charge < -0.3 is 39.9 Å². The Morgan fingerprint density at radius 3 is 2.67 bits per heavy atom. The molecule has 1 saturated heterocycles. The molecule has 1 saturated carbocycles. The minimum atomic E-state index is -4.82. The SMILES string of the molecule is C[C@](CO)(OC[C@H]1O[C@@H](n2ncc3c(NC4CCCC4)cc(Cl)nc32)[C@H](O)[C@@H]1O)P(=O)(O)O. The van der Waals surface area contributed by atoms with Crippen molar-refractivity contribution < 1.29 is 39.1 Å². The van der Waals surface area contributed by atoms with Crippen LogP contribution in [0, 0.1) is 0 Å². The van der Waals surface area contributed by atoms with Gasteiger partial charge in [0.1, 0.15) is 23.5 Å². The molecule has 4 rings (SSSR count). The number of pyridine rings is 1. The van der Waals surface area contributed by atoms with Gasteiger partial charge in [-0.3, -0.25) is 4.57 Å². The van der Waals surface area contributed by atoms with Gasteiger partial charge in [-0.1, -0.05) is 24.4 Å². The molecule has 33 heavy (non-hydrogen) atoms. The zero-order valence-corrected chi connectivity index (χ0v) is 19.6. The number of rotatable bonds is 8. The molecule has 0 spiro atoms. The van der Waals surface area contributed by atoms with Gasteiger partial charge >= 0.3 is 7.60 Å². The van der Waals surface area contributed by atoms with Gasteiger partial charge in [0.2, 0.25) is 0 Å². The van der Waals surface area contributed by atoms with E-state index in [1.54, 1.807) is 12.3 Å². The van der Waals surface area contributed by atoms with Crippen molar-refractivity contribution in [2.45, 2.75) is 68.5 Å². The van der Waals surface area contributed by atoms with Gasteiger partial charge in [0.25, 0.3) is 0 Å². The zero-order chi connectivity index (χ0) is 24.0. The molecular weight excluding hydrogens is 479 g/mol. The van der Waals surface area contributed by atoms with Gasteiger partial charge in [0.05, 0.1) is 30.5 Å². The fourth-order valence-corrected chi connectivity index (χ4v) is 4.75. The first-order valence-electron chi connectivity index (χ1n) is 10.7. The molecule has 1 aliphatic carbocycles. The van der Waals surface area contributed by atoms with Crippen LogP contribution < -0.4 is 5.32 Å². The molecule has 12 nitrogen and oxygen atoms in total. The molecule has 2 fully saturated rings. The summed E-state index contributed by atoms with van der Waals surface area (Å²) < 4.78 is 23.9. The van der Waals surface area contributed by atoms with Gasteiger partial charge in [0.15, 0.2) is 17.2 Å². The summed E-state index contributed by atoms with van der Waals surface area (Å²) in [6.07, 6.45) is 0.820. The number of aromatic nitrogens is 3. The van der Waals surface area contributed by atoms with Crippen LogP contribution in [0.5, 0.6) is 0 Å². The predicted octanol–water partition coefficient (Wildman–Crippen LogP) is 0.961. The number of nitrogens with one attached hydrogen (secondary N) is 1. The summed E-state index contributed by atoms with van der Waals surface area (Å²) in [4.78, 5) is 23.2. The maximum atomic E-state index is 11.6. The first-order valence-corrected chi connectivity index (χ1v) is 12.7. The van der Waals surface area contributed by atoms with Crippen molar-refractivity contribution in [3.05, 3.63) is 17.4 Å². The number of halogens is 1. The summed E-state index contributed by atoms with van der Waals surface area (Å²) in [6.45, 7) is -0.386. The normalized spacial score (nSPS) is 28.5. The third kappa shape index (κ3) is 4.77. The topological polar surface area (TPSA) is 179 Å². The van der Waals surface area contributed by atoms with Crippen molar-refractivity contribution in [1.29, 1.82) is 0 Å². The van der Waals surface area contributed by atoms with Crippen LogP contribution in [0.3, 0.4) is 0 Å². The van der Waals surface area contributed by atoms with Crippen LogP contribution in [-0.2, 0) is 14.0 Å². The number of aliphatic hydroxyl groups excluding tert-OH is 3. The molecule has 1 aliphatic heterocycles. The molecule has 2 aromatic heterocycles. The molecule has 6 N–H and O–H groups in total. The van der Waals surface area contributed by atoms with Crippen LogP contribution in [-0.4, -0.2) is 82.8 Å². The summed E-state index contributed by atoms with van der Waals surface area (Å²) in [7, 11) is -4.82. The third-order valence-corrected chi connectivity index (χ3v) is 7.99. The van der Waals surface area contributed by atoms with Gasteiger partial charge in [0, 0.05) is 6.04 Å². The maximum absolute atomic E-state index is 11.6. The van der Waals surface area contributed by atoms with Crippen LogP contribution >= 0.6 is 19.2 Å². The molecule has 0 bridgehead atoms. The summed E-state index contributed by atoms with van der Waals surface area (Å²) in [5.41, 5.74) is 1.10. The van der Waals surface area contributed by atoms with E-state index in [2.05, 4.69) is 15.4 Å². The Balaban J connectivity index is 1.56. The molecule has 184 valence electrons. The lowest BCUT2D eigenvalue weighted by Crippen LogP contribution is -2.39. The van der Waals surface area contributed by atoms with Crippen LogP contribution in [0.25, 0.3) is 11.0 Å². The van der Waals surface area contributed by atoms with Crippen molar-refractivity contribution in [3.8, 4) is 0 Å². The fourth-order valence-electron chi connectivity index (χ4n) is 4.14. The summed E-state index contributed by atoms with van der Waals surface area (Å²) in [5.74, 6) is 0. The van der Waals surface area contributed by atoms with E-state index in [1.807, 2.05) is 0 Å². The van der Waals surface area contributed by atoms with Crippen LogP contribution in [0.1, 0.15) is 38.8 Å². The smallest absolute Gasteiger partial charge is 0.359 e. The molecule has 3 heterocycles. The first-order chi connectivity index (χ1) is 15.5. The van der Waals surface area contributed by atoms with Crippen molar-refractivity contribution in [2.75, 3.05) is 18.5 Å². The number of aliphatic hydroxyl groups is 3. The van der Waals surface area contributed by atoms with Gasteiger partial charge in [-0.15, -0.1) is 0 Å². The van der Waals surface area contributed by atoms with E-state index in [9.17, 15) is 29.7 Å². The van der Waals surface area contributed by atoms with Gasteiger partial charge in [-0.2, -0.15) is 5.10 Å². The lowest BCUT2D eigenvalue weighted by molar-refractivity contribution is -0.104. The molecule has 2 aromatic rings. The number of hydrogen-bond donors (Lipinski definition) is 6. The molecular formula is C19H28ClN4O8P. The van der Waals surface area contributed by atoms with E-state index in [-0.39, 0.29) is 5.15 Å². The molecule has 0 unspecified atom stereocenters. The van der Waals surface area contributed by atoms with Crippen molar-refractivity contribution in [2.24, 2.45) is 0 Å².